The lowest BCUT2D eigenvalue weighted by Gasteiger charge is -2.16. The summed E-state index contributed by atoms with van der Waals surface area (Å²) in [6, 6.07) is 1.99. The van der Waals surface area contributed by atoms with E-state index in [9.17, 15) is 0 Å². The summed E-state index contributed by atoms with van der Waals surface area (Å²) in [6.45, 7) is 5.24. The minimum Gasteiger partial charge on any atom is -0.453 e. The van der Waals surface area contributed by atoms with Gasteiger partial charge >= 0.3 is 0 Å². The maximum absolute atomic E-state index is 6.19. The van der Waals surface area contributed by atoms with Crippen LogP contribution in [0.15, 0.2) is 6.07 Å². The molecule has 94 valence electrons. The zero-order chi connectivity index (χ0) is 12.4. The molecule has 0 spiro atoms. The van der Waals surface area contributed by atoms with Crippen LogP contribution < -0.4 is 15.2 Å². The van der Waals surface area contributed by atoms with Crippen molar-refractivity contribution < 1.29 is 9.47 Å². The fourth-order valence-electron chi connectivity index (χ4n) is 2.23. The molecule has 1 aromatic rings. The minimum atomic E-state index is 0.259. The SMILES string of the molecule is CC(C)c1c(CCCN)cc(Cl)c2c1OCO2. The van der Waals surface area contributed by atoms with Crippen LogP contribution in [0.2, 0.25) is 5.02 Å². The summed E-state index contributed by atoms with van der Waals surface area (Å²) in [6.07, 6.45) is 1.88. The molecule has 3 nitrogen and oxygen atoms in total. The van der Waals surface area contributed by atoms with E-state index in [1.54, 1.807) is 0 Å². The molecule has 1 aliphatic rings. The topological polar surface area (TPSA) is 44.5 Å². The second kappa shape index (κ2) is 5.15. The first-order chi connectivity index (χ1) is 8.15. The average Bonchev–Trinajstić information content (AvgIpc) is 2.74. The second-order valence-electron chi connectivity index (χ2n) is 4.54. The first-order valence-electron chi connectivity index (χ1n) is 5.96. The Morgan fingerprint density at radius 3 is 2.71 bits per heavy atom. The van der Waals surface area contributed by atoms with Gasteiger partial charge in [-0.25, -0.2) is 0 Å². The second-order valence-corrected chi connectivity index (χ2v) is 4.95. The van der Waals surface area contributed by atoms with Gasteiger partial charge in [-0.2, -0.15) is 0 Å². The number of nitrogens with two attached hydrogens (primary N) is 1. The van der Waals surface area contributed by atoms with Gasteiger partial charge in [0.25, 0.3) is 0 Å². The number of hydrogen-bond acceptors (Lipinski definition) is 3. The van der Waals surface area contributed by atoms with E-state index in [1.165, 1.54) is 11.1 Å². The van der Waals surface area contributed by atoms with Gasteiger partial charge in [0, 0.05) is 5.56 Å². The van der Waals surface area contributed by atoms with Crippen molar-refractivity contribution in [3.05, 3.63) is 22.2 Å². The molecule has 0 bridgehead atoms. The van der Waals surface area contributed by atoms with E-state index in [4.69, 9.17) is 26.8 Å². The molecule has 1 aromatic carbocycles. The van der Waals surface area contributed by atoms with E-state index in [0.717, 1.165) is 18.6 Å². The zero-order valence-corrected chi connectivity index (χ0v) is 11.0. The van der Waals surface area contributed by atoms with Gasteiger partial charge in [0.2, 0.25) is 6.79 Å². The van der Waals surface area contributed by atoms with Crippen molar-refractivity contribution in [3.8, 4) is 11.5 Å². The van der Waals surface area contributed by atoms with Gasteiger partial charge in [-0.05, 0) is 36.9 Å². The third kappa shape index (κ3) is 2.35. The van der Waals surface area contributed by atoms with E-state index in [-0.39, 0.29) is 6.79 Å². The van der Waals surface area contributed by atoms with Crippen molar-refractivity contribution >= 4 is 11.6 Å². The molecule has 0 fully saturated rings. The summed E-state index contributed by atoms with van der Waals surface area (Å²) in [5, 5.41) is 0.633. The third-order valence-electron chi connectivity index (χ3n) is 2.95. The standard InChI is InChI=1S/C13H18ClNO2/c1-8(2)11-9(4-3-5-15)6-10(14)12-13(11)17-7-16-12/h6,8H,3-5,7,15H2,1-2H3. The third-order valence-corrected chi connectivity index (χ3v) is 3.23. The molecule has 4 heteroatoms. The number of benzene rings is 1. The van der Waals surface area contributed by atoms with Gasteiger partial charge < -0.3 is 15.2 Å². The minimum absolute atomic E-state index is 0.259. The monoisotopic (exact) mass is 255 g/mol. The number of aryl methyl sites for hydroxylation is 1. The lowest BCUT2D eigenvalue weighted by Crippen LogP contribution is -2.04. The van der Waals surface area contributed by atoms with Crippen molar-refractivity contribution in [2.45, 2.75) is 32.6 Å². The van der Waals surface area contributed by atoms with E-state index in [1.807, 2.05) is 6.07 Å². The molecule has 0 unspecified atom stereocenters. The van der Waals surface area contributed by atoms with Gasteiger partial charge in [0.05, 0.1) is 5.02 Å². The molecule has 1 aliphatic heterocycles. The molecule has 0 saturated heterocycles. The van der Waals surface area contributed by atoms with Crippen molar-refractivity contribution in [3.63, 3.8) is 0 Å². The molecule has 1 heterocycles. The molecular formula is C13H18ClNO2. The van der Waals surface area contributed by atoms with E-state index < -0.39 is 0 Å². The van der Waals surface area contributed by atoms with Crippen LogP contribution in [0.4, 0.5) is 0 Å². The average molecular weight is 256 g/mol. The number of fused-ring (bicyclic) bond motifs is 1. The molecular weight excluding hydrogens is 238 g/mol. The molecule has 0 amide bonds. The van der Waals surface area contributed by atoms with Crippen LogP contribution in [0.5, 0.6) is 11.5 Å². The quantitative estimate of drug-likeness (QED) is 0.899. The Bertz CT molecular complexity index is 418. The first kappa shape index (κ1) is 12.5. The highest BCUT2D eigenvalue weighted by Crippen LogP contribution is 2.46. The lowest BCUT2D eigenvalue weighted by atomic mass is 9.93. The largest absolute Gasteiger partial charge is 0.453 e. The number of hydrogen-bond donors (Lipinski definition) is 1. The molecule has 0 saturated carbocycles. The smallest absolute Gasteiger partial charge is 0.231 e. The Balaban J connectivity index is 2.47. The summed E-state index contributed by atoms with van der Waals surface area (Å²) in [4.78, 5) is 0. The highest BCUT2D eigenvalue weighted by molar-refractivity contribution is 6.32. The molecule has 0 radical (unpaired) electrons. The highest BCUT2D eigenvalue weighted by atomic mass is 35.5. The van der Waals surface area contributed by atoms with E-state index in [0.29, 0.717) is 23.2 Å². The Morgan fingerprint density at radius 2 is 2.06 bits per heavy atom. The van der Waals surface area contributed by atoms with Crippen LogP contribution in [0, 0.1) is 0 Å². The first-order valence-corrected chi connectivity index (χ1v) is 6.34. The van der Waals surface area contributed by atoms with Gasteiger partial charge in [0.15, 0.2) is 11.5 Å². The Morgan fingerprint density at radius 1 is 1.35 bits per heavy atom. The molecule has 2 N–H and O–H groups in total. The summed E-state index contributed by atoms with van der Waals surface area (Å²) < 4.78 is 11.0. The summed E-state index contributed by atoms with van der Waals surface area (Å²) in [7, 11) is 0. The Labute approximate surface area is 107 Å². The van der Waals surface area contributed by atoms with Crippen LogP contribution >= 0.6 is 11.6 Å². The molecule has 0 aliphatic carbocycles. The maximum atomic E-state index is 6.19. The number of halogens is 1. The van der Waals surface area contributed by atoms with Crippen molar-refractivity contribution in [2.24, 2.45) is 5.73 Å². The van der Waals surface area contributed by atoms with Gasteiger partial charge in [0.1, 0.15) is 0 Å². The van der Waals surface area contributed by atoms with Gasteiger partial charge in [-0.1, -0.05) is 25.4 Å². The fourth-order valence-corrected chi connectivity index (χ4v) is 2.50. The number of rotatable bonds is 4. The van der Waals surface area contributed by atoms with Gasteiger partial charge in [-0.15, -0.1) is 0 Å². The van der Waals surface area contributed by atoms with Crippen LogP contribution in [0.3, 0.4) is 0 Å². The predicted molar refractivity (Wildman–Crippen MR) is 69.0 cm³/mol. The molecule has 17 heavy (non-hydrogen) atoms. The Hall–Kier alpha value is -0.930. The highest BCUT2D eigenvalue weighted by Gasteiger charge is 2.25. The Kier molecular flexibility index (Phi) is 3.79. The fraction of sp³-hybridized carbons (Fsp3) is 0.538. The summed E-state index contributed by atoms with van der Waals surface area (Å²) in [5.74, 6) is 1.89. The van der Waals surface area contributed by atoms with E-state index >= 15 is 0 Å². The van der Waals surface area contributed by atoms with Crippen LogP contribution in [0.25, 0.3) is 0 Å². The molecule has 0 aromatic heterocycles. The normalized spacial score (nSPS) is 13.5. The van der Waals surface area contributed by atoms with Crippen LogP contribution in [-0.4, -0.2) is 13.3 Å². The predicted octanol–water partition coefficient (Wildman–Crippen LogP) is 3.08. The summed E-state index contributed by atoms with van der Waals surface area (Å²) >= 11 is 6.19. The maximum Gasteiger partial charge on any atom is 0.231 e. The van der Waals surface area contributed by atoms with E-state index in [2.05, 4.69) is 13.8 Å². The number of ether oxygens (including phenoxy) is 2. The van der Waals surface area contributed by atoms with Crippen LogP contribution in [0.1, 0.15) is 37.3 Å². The van der Waals surface area contributed by atoms with Gasteiger partial charge in [-0.3, -0.25) is 0 Å². The van der Waals surface area contributed by atoms with Crippen molar-refractivity contribution in [1.82, 2.24) is 0 Å². The lowest BCUT2D eigenvalue weighted by molar-refractivity contribution is 0.173. The van der Waals surface area contributed by atoms with Crippen molar-refractivity contribution in [2.75, 3.05) is 13.3 Å². The molecule has 0 atom stereocenters. The summed E-state index contributed by atoms with van der Waals surface area (Å²) in [5.41, 5.74) is 7.99. The van der Waals surface area contributed by atoms with Crippen molar-refractivity contribution in [1.29, 1.82) is 0 Å². The zero-order valence-electron chi connectivity index (χ0n) is 10.3. The van der Waals surface area contributed by atoms with Crippen LogP contribution in [-0.2, 0) is 6.42 Å². The molecule has 2 rings (SSSR count).